The fourth-order valence-electron chi connectivity index (χ4n) is 2.66. The number of likely N-dealkylation sites (N-methyl/N-ethyl adjacent to an activating group) is 1. The number of hydrogen-bond donors (Lipinski definition) is 1. The summed E-state index contributed by atoms with van der Waals surface area (Å²) in [5.74, 6) is 0.0584. The lowest BCUT2D eigenvalue weighted by Crippen LogP contribution is -2.51. The van der Waals surface area contributed by atoms with Gasteiger partial charge in [-0.2, -0.15) is 0 Å². The van der Waals surface area contributed by atoms with E-state index in [1.165, 1.54) is 0 Å². The lowest BCUT2D eigenvalue weighted by atomic mass is 9.93. The van der Waals surface area contributed by atoms with E-state index in [0.29, 0.717) is 17.4 Å². The van der Waals surface area contributed by atoms with Gasteiger partial charge in [0.1, 0.15) is 5.82 Å². The van der Waals surface area contributed by atoms with Gasteiger partial charge in [0.25, 0.3) is 0 Å². The molecule has 0 bridgehead atoms. The molecule has 2 amide bonds. The average molecular weight is 325 g/mol. The third-order valence-corrected chi connectivity index (χ3v) is 4.30. The zero-order chi connectivity index (χ0) is 16.3. The zero-order valence-electron chi connectivity index (χ0n) is 12.8. The van der Waals surface area contributed by atoms with E-state index in [1.54, 1.807) is 35.2 Å². The lowest BCUT2D eigenvalue weighted by Gasteiger charge is -2.37. The number of pyridine rings is 1. The Bertz CT molecular complexity index is 549. The van der Waals surface area contributed by atoms with Crippen LogP contribution in [0.2, 0.25) is 5.02 Å². The van der Waals surface area contributed by atoms with Gasteiger partial charge in [-0.05, 0) is 31.9 Å². The maximum absolute atomic E-state index is 12.5. The van der Waals surface area contributed by atoms with Crippen LogP contribution in [0.25, 0.3) is 0 Å². The second-order valence-corrected chi connectivity index (χ2v) is 6.20. The second-order valence-electron chi connectivity index (χ2n) is 5.76. The molecule has 6 nitrogen and oxygen atoms in total. The van der Waals surface area contributed by atoms with Crippen LogP contribution in [0.1, 0.15) is 19.8 Å². The van der Waals surface area contributed by atoms with Crippen LogP contribution in [0, 0.1) is 5.92 Å². The number of hydrogen-bond acceptors (Lipinski definition) is 4. The summed E-state index contributed by atoms with van der Waals surface area (Å²) in [5.41, 5.74) is 5.37. The van der Waals surface area contributed by atoms with E-state index >= 15 is 0 Å². The van der Waals surface area contributed by atoms with Crippen molar-refractivity contribution in [2.45, 2.75) is 25.8 Å². The minimum absolute atomic E-state index is 0.0299. The Morgan fingerprint density at radius 1 is 1.45 bits per heavy atom. The van der Waals surface area contributed by atoms with E-state index in [2.05, 4.69) is 4.98 Å². The highest BCUT2D eigenvalue weighted by atomic mass is 35.5. The predicted molar refractivity (Wildman–Crippen MR) is 85.6 cm³/mol. The summed E-state index contributed by atoms with van der Waals surface area (Å²) in [6.45, 7) is 2.59. The molecule has 2 N–H and O–H groups in total. The van der Waals surface area contributed by atoms with Crippen molar-refractivity contribution in [3.8, 4) is 0 Å². The number of rotatable bonds is 4. The van der Waals surface area contributed by atoms with Crippen molar-refractivity contribution >= 4 is 29.2 Å². The maximum Gasteiger partial charge on any atom is 0.242 e. The van der Waals surface area contributed by atoms with Gasteiger partial charge in [0.2, 0.25) is 11.8 Å². The molecule has 2 atom stereocenters. The molecule has 0 aromatic carbocycles. The highest BCUT2D eigenvalue weighted by molar-refractivity contribution is 6.30. The van der Waals surface area contributed by atoms with Crippen molar-refractivity contribution in [1.29, 1.82) is 0 Å². The number of primary amides is 1. The number of anilines is 1. The maximum atomic E-state index is 12.5. The molecule has 0 aliphatic carbocycles. The molecule has 120 valence electrons. The van der Waals surface area contributed by atoms with Crippen LogP contribution in [0.3, 0.4) is 0 Å². The summed E-state index contributed by atoms with van der Waals surface area (Å²) >= 11 is 5.81. The first-order chi connectivity index (χ1) is 10.4. The predicted octanol–water partition coefficient (Wildman–Crippen LogP) is 1.28. The van der Waals surface area contributed by atoms with Crippen LogP contribution >= 0.6 is 11.6 Å². The Hall–Kier alpha value is -1.82. The lowest BCUT2D eigenvalue weighted by molar-refractivity contribution is -0.136. The van der Waals surface area contributed by atoms with E-state index in [9.17, 15) is 9.59 Å². The Morgan fingerprint density at radius 2 is 2.18 bits per heavy atom. The Balaban J connectivity index is 2.00. The van der Waals surface area contributed by atoms with Crippen molar-refractivity contribution in [1.82, 2.24) is 9.88 Å². The minimum Gasteiger partial charge on any atom is -0.369 e. The highest BCUT2D eigenvalue weighted by Gasteiger charge is 2.31. The van der Waals surface area contributed by atoms with Gasteiger partial charge >= 0.3 is 0 Å². The molecule has 7 heteroatoms. The first kappa shape index (κ1) is 16.5. The van der Waals surface area contributed by atoms with Gasteiger partial charge in [-0.25, -0.2) is 4.98 Å². The van der Waals surface area contributed by atoms with Crippen molar-refractivity contribution in [2.75, 3.05) is 25.0 Å². The van der Waals surface area contributed by atoms with Crippen molar-refractivity contribution in [2.24, 2.45) is 11.7 Å². The number of nitrogens with two attached hydrogens (primary N) is 1. The summed E-state index contributed by atoms with van der Waals surface area (Å²) < 4.78 is 0. The first-order valence-electron chi connectivity index (χ1n) is 7.30. The molecule has 0 spiro atoms. The third-order valence-electron chi connectivity index (χ3n) is 4.08. The van der Waals surface area contributed by atoms with E-state index in [4.69, 9.17) is 17.3 Å². The van der Waals surface area contributed by atoms with Crippen LogP contribution in [-0.4, -0.2) is 47.9 Å². The smallest absolute Gasteiger partial charge is 0.242 e. The summed E-state index contributed by atoms with van der Waals surface area (Å²) in [5, 5.41) is 0.553. The van der Waals surface area contributed by atoms with Gasteiger partial charge in [-0.3, -0.25) is 9.59 Å². The minimum atomic E-state index is -0.336. The molecule has 0 radical (unpaired) electrons. The number of amides is 2. The summed E-state index contributed by atoms with van der Waals surface area (Å²) in [6, 6.07) is 3.62. The molecule has 1 aliphatic rings. The molecule has 22 heavy (non-hydrogen) atoms. The van der Waals surface area contributed by atoms with Gasteiger partial charge in [0, 0.05) is 25.8 Å². The fraction of sp³-hybridized carbons (Fsp3) is 0.533. The van der Waals surface area contributed by atoms with Gasteiger partial charge < -0.3 is 15.5 Å². The number of halogens is 1. The Labute approximate surface area is 135 Å². The van der Waals surface area contributed by atoms with Gasteiger partial charge in [-0.15, -0.1) is 0 Å². The van der Waals surface area contributed by atoms with E-state index in [-0.39, 0.29) is 30.3 Å². The SMILES string of the molecule is C[C@H]1CC[C@H](C(N)=O)CN1C(=O)CN(C)c1ccc(Cl)cn1. The normalized spacial score (nSPS) is 21.5. The van der Waals surface area contributed by atoms with Crippen molar-refractivity contribution < 1.29 is 9.59 Å². The standard InChI is InChI=1S/C15H21ClN4O2/c1-10-3-4-11(15(17)22)8-20(10)14(21)9-19(2)13-6-5-12(16)7-18-13/h5-7,10-11H,3-4,8-9H2,1-2H3,(H2,17,22)/t10-,11-/m0/s1. The topological polar surface area (TPSA) is 79.5 Å². The fourth-order valence-corrected chi connectivity index (χ4v) is 2.77. The molecular formula is C15H21ClN4O2. The zero-order valence-corrected chi connectivity index (χ0v) is 13.6. The van der Waals surface area contributed by atoms with E-state index in [0.717, 1.165) is 12.8 Å². The monoisotopic (exact) mass is 324 g/mol. The third kappa shape index (κ3) is 3.88. The van der Waals surface area contributed by atoms with Crippen LogP contribution in [0.4, 0.5) is 5.82 Å². The average Bonchev–Trinajstić information content (AvgIpc) is 2.47. The summed E-state index contributed by atoms with van der Waals surface area (Å²) in [7, 11) is 1.80. The molecule has 0 unspecified atom stereocenters. The second kappa shape index (κ2) is 6.96. The molecule has 1 aliphatic heterocycles. The van der Waals surface area contributed by atoms with Gasteiger partial charge in [-0.1, -0.05) is 11.6 Å². The molecule has 1 aromatic heterocycles. The number of likely N-dealkylation sites (tertiary alicyclic amines) is 1. The molecule has 1 aromatic rings. The van der Waals surface area contributed by atoms with E-state index < -0.39 is 0 Å². The summed E-state index contributed by atoms with van der Waals surface area (Å²) in [4.78, 5) is 31.6. The number of aromatic nitrogens is 1. The molecule has 2 heterocycles. The van der Waals surface area contributed by atoms with E-state index in [1.807, 2.05) is 6.92 Å². The molecule has 0 saturated carbocycles. The number of nitrogens with zero attached hydrogens (tertiary/aromatic N) is 3. The van der Waals surface area contributed by atoms with Crippen LogP contribution in [0.5, 0.6) is 0 Å². The Kier molecular flexibility index (Phi) is 5.24. The largest absolute Gasteiger partial charge is 0.369 e. The van der Waals surface area contributed by atoms with Gasteiger partial charge in [0.15, 0.2) is 0 Å². The quantitative estimate of drug-likeness (QED) is 0.905. The number of carbonyl (C=O) groups is 2. The van der Waals surface area contributed by atoms with Crippen LogP contribution in [0.15, 0.2) is 18.3 Å². The molecular weight excluding hydrogens is 304 g/mol. The number of piperidine rings is 1. The Morgan fingerprint density at radius 3 is 2.77 bits per heavy atom. The van der Waals surface area contributed by atoms with Crippen molar-refractivity contribution in [3.63, 3.8) is 0 Å². The molecule has 1 fully saturated rings. The summed E-state index contributed by atoms with van der Waals surface area (Å²) in [6.07, 6.45) is 3.08. The number of carbonyl (C=O) groups excluding carboxylic acids is 2. The molecule has 2 rings (SSSR count). The first-order valence-corrected chi connectivity index (χ1v) is 7.67. The van der Waals surface area contributed by atoms with Crippen LogP contribution in [-0.2, 0) is 9.59 Å². The van der Waals surface area contributed by atoms with Gasteiger partial charge in [0.05, 0.1) is 17.5 Å². The molecule has 1 saturated heterocycles. The van der Waals surface area contributed by atoms with Crippen LogP contribution < -0.4 is 10.6 Å². The highest BCUT2D eigenvalue weighted by Crippen LogP contribution is 2.22. The van der Waals surface area contributed by atoms with Crippen molar-refractivity contribution in [3.05, 3.63) is 23.4 Å².